The van der Waals surface area contributed by atoms with Gasteiger partial charge in [0.15, 0.2) is 4.80 Å². The lowest BCUT2D eigenvalue weighted by atomic mass is 10.1. The highest BCUT2D eigenvalue weighted by Crippen LogP contribution is 2.31. The van der Waals surface area contributed by atoms with E-state index in [0.717, 1.165) is 11.3 Å². The van der Waals surface area contributed by atoms with Crippen LogP contribution in [0.15, 0.2) is 46.8 Å². The van der Waals surface area contributed by atoms with Crippen molar-refractivity contribution < 1.29 is 4.79 Å². The molecule has 0 aliphatic heterocycles. The number of carbonyl (C=O) groups excluding carboxylic acids is 1. The molecule has 0 fully saturated rings. The van der Waals surface area contributed by atoms with Crippen LogP contribution in [0.4, 0.5) is 0 Å². The fraction of sp³-hybridized carbons (Fsp3) is 0.111. The Morgan fingerprint density at radius 2 is 1.72 bits per heavy atom. The zero-order valence-corrected chi connectivity index (χ0v) is 16.5. The van der Waals surface area contributed by atoms with E-state index in [9.17, 15) is 4.79 Å². The molecule has 0 spiro atoms. The summed E-state index contributed by atoms with van der Waals surface area (Å²) in [5.41, 5.74) is 2.97. The topological polar surface area (TPSA) is 34.4 Å². The Bertz CT molecular complexity index is 1040. The average Bonchev–Trinajstić information content (AvgIpc) is 2.92. The second-order valence-corrected chi connectivity index (χ2v) is 7.50. The van der Waals surface area contributed by atoms with Gasteiger partial charge in [0.05, 0.1) is 20.8 Å². The molecule has 0 aliphatic rings. The van der Waals surface area contributed by atoms with Crippen LogP contribution < -0.4 is 4.80 Å². The van der Waals surface area contributed by atoms with E-state index in [1.807, 2.05) is 37.4 Å². The Hall–Kier alpha value is -1.59. The first-order valence-electron chi connectivity index (χ1n) is 7.35. The molecular formula is C18H13Cl3N2OS. The van der Waals surface area contributed by atoms with Crippen molar-refractivity contribution in [2.24, 2.45) is 4.99 Å². The van der Waals surface area contributed by atoms with E-state index in [1.54, 1.807) is 22.8 Å². The lowest BCUT2D eigenvalue weighted by Gasteiger charge is -2.10. The molecule has 0 N–H and O–H groups in total. The quantitative estimate of drug-likeness (QED) is 0.486. The molecule has 0 bridgehead atoms. The first-order valence-corrected chi connectivity index (χ1v) is 9.36. The van der Waals surface area contributed by atoms with Crippen molar-refractivity contribution in [3.63, 3.8) is 0 Å². The molecule has 2 aromatic carbocycles. The van der Waals surface area contributed by atoms with Crippen LogP contribution in [0.2, 0.25) is 15.1 Å². The molecule has 0 unspecified atom stereocenters. The summed E-state index contributed by atoms with van der Waals surface area (Å²) in [4.78, 5) is 17.4. The Morgan fingerprint density at radius 3 is 2.44 bits per heavy atom. The predicted octanol–water partition coefficient (Wildman–Crippen LogP) is 5.86. The molecule has 0 atom stereocenters. The number of benzene rings is 2. The summed E-state index contributed by atoms with van der Waals surface area (Å²) in [7, 11) is 0. The number of aromatic nitrogens is 1. The number of carbonyl (C=O) groups is 1. The molecule has 1 aromatic heterocycles. The van der Waals surface area contributed by atoms with Crippen molar-refractivity contribution in [2.75, 3.05) is 0 Å². The molecule has 25 heavy (non-hydrogen) atoms. The molecule has 128 valence electrons. The van der Waals surface area contributed by atoms with Gasteiger partial charge in [0, 0.05) is 16.6 Å². The largest absolute Gasteiger partial charge is 0.288 e. The van der Waals surface area contributed by atoms with Crippen molar-refractivity contribution in [1.29, 1.82) is 0 Å². The summed E-state index contributed by atoms with van der Waals surface area (Å²) in [6.45, 7) is 3.79. The Balaban J connectivity index is 2.17. The molecule has 3 rings (SSSR count). The minimum absolute atomic E-state index is 0.301. The van der Waals surface area contributed by atoms with Crippen LogP contribution in [0.25, 0.3) is 5.69 Å². The Morgan fingerprint density at radius 1 is 1.04 bits per heavy atom. The number of halogens is 3. The third kappa shape index (κ3) is 3.67. The second kappa shape index (κ2) is 7.34. The van der Waals surface area contributed by atoms with Gasteiger partial charge in [-0.15, -0.1) is 11.3 Å². The van der Waals surface area contributed by atoms with Gasteiger partial charge in [-0.05, 0) is 37.6 Å². The van der Waals surface area contributed by atoms with Gasteiger partial charge >= 0.3 is 0 Å². The summed E-state index contributed by atoms with van der Waals surface area (Å²) >= 11 is 19.8. The van der Waals surface area contributed by atoms with Gasteiger partial charge in [-0.2, -0.15) is 4.99 Å². The summed E-state index contributed by atoms with van der Waals surface area (Å²) < 4.78 is 1.80. The number of thiazole rings is 1. The number of amides is 1. The molecule has 3 nitrogen and oxygen atoms in total. The van der Waals surface area contributed by atoms with Crippen molar-refractivity contribution >= 4 is 52.0 Å². The zero-order valence-electron chi connectivity index (χ0n) is 13.4. The maximum absolute atomic E-state index is 12.6. The third-order valence-corrected chi connectivity index (χ3v) is 5.65. The van der Waals surface area contributed by atoms with E-state index in [2.05, 4.69) is 4.99 Å². The highest BCUT2D eigenvalue weighted by molar-refractivity contribution is 7.07. The Kier molecular flexibility index (Phi) is 5.35. The summed E-state index contributed by atoms with van der Waals surface area (Å²) in [6.07, 6.45) is 0. The standard InChI is InChI=1S/C18H13Cl3N2OS/c1-10-5-3-4-6-12(10)17(24)22-18-23(11(2)9-25-18)16-8-14(20)13(19)7-15(16)21/h3-9H,1-2H3. The van der Waals surface area contributed by atoms with E-state index < -0.39 is 0 Å². The second-order valence-electron chi connectivity index (χ2n) is 5.44. The molecule has 0 aliphatic carbocycles. The highest BCUT2D eigenvalue weighted by Gasteiger charge is 2.13. The van der Waals surface area contributed by atoms with Crippen molar-refractivity contribution in [1.82, 2.24) is 4.57 Å². The number of hydrogen-bond donors (Lipinski definition) is 0. The van der Waals surface area contributed by atoms with Crippen molar-refractivity contribution in [3.05, 3.63) is 78.5 Å². The van der Waals surface area contributed by atoms with Crippen LogP contribution in [-0.2, 0) is 0 Å². The average molecular weight is 412 g/mol. The molecule has 0 saturated carbocycles. The summed E-state index contributed by atoms with van der Waals surface area (Å²) in [5.74, 6) is -0.301. The van der Waals surface area contributed by atoms with E-state index in [0.29, 0.717) is 31.1 Å². The van der Waals surface area contributed by atoms with E-state index in [1.165, 1.54) is 11.3 Å². The van der Waals surface area contributed by atoms with Gasteiger partial charge in [0.25, 0.3) is 5.91 Å². The van der Waals surface area contributed by atoms with Gasteiger partial charge < -0.3 is 0 Å². The highest BCUT2D eigenvalue weighted by atomic mass is 35.5. The van der Waals surface area contributed by atoms with Crippen LogP contribution in [0.1, 0.15) is 21.6 Å². The molecule has 1 heterocycles. The van der Waals surface area contributed by atoms with E-state index >= 15 is 0 Å². The van der Waals surface area contributed by atoms with Crippen LogP contribution in [0.5, 0.6) is 0 Å². The first-order chi connectivity index (χ1) is 11.9. The van der Waals surface area contributed by atoms with Crippen LogP contribution >= 0.6 is 46.1 Å². The molecule has 0 radical (unpaired) electrons. The van der Waals surface area contributed by atoms with Gasteiger partial charge in [-0.25, -0.2) is 0 Å². The zero-order chi connectivity index (χ0) is 18.1. The molecule has 0 saturated heterocycles. The molecular weight excluding hydrogens is 399 g/mol. The molecule has 7 heteroatoms. The Labute approximate surface area is 164 Å². The predicted molar refractivity (Wildman–Crippen MR) is 104 cm³/mol. The third-order valence-electron chi connectivity index (χ3n) is 3.68. The van der Waals surface area contributed by atoms with E-state index in [-0.39, 0.29) is 5.91 Å². The van der Waals surface area contributed by atoms with Crippen LogP contribution in [-0.4, -0.2) is 10.5 Å². The lowest BCUT2D eigenvalue weighted by Crippen LogP contribution is -2.17. The maximum atomic E-state index is 12.6. The monoisotopic (exact) mass is 410 g/mol. The normalized spacial score (nSPS) is 11.8. The van der Waals surface area contributed by atoms with Crippen molar-refractivity contribution in [3.8, 4) is 5.69 Å². The lowest BCUT2D eigenvalue weighted by molar-refractivity contribution is 0.0997. The van der Waals surface area contributed by atoms with Crippen molar-refractivity contribution in [2.45, 2.75) is 13.8 Å². The minimum atomic E-state index is -0.301. The maximum Gasteiger partial charge on any atom is 0.279 e. The van der Waals surface area contributed by atoms with Gasteiger partial charge in [0.1, 0.15) is 0 Å². The smallest absolute Gasteiger partial charge is 0.279 e. The fourth-order valence-electron chi connectivity index (χ4n) is 2.41. The fourth-order valence-corrected chi connectivity index (χ4v) is 3.90. The number of aryl methyl sites for hydroxylation is 2. The van der Waals surface area contributed by atoms with Crippen LogP contribution in [0, 0.1) is 13.8 Å². The SMILES string of the molecule is Cc1ccccc1C(=O)N=c1scc(C)n1-c1cc(Cl)c(Cl)cc1Cl. The molecule has 1 amide bonds. The number of hydrogen-bond acceptors (Lipinski definition) is 2. The van der Waals surface area contributed by atoms with Crippen LogP contribution in [0.3, 0.4) is 0 Å². The number of nitrogens with zero attached hydrogens (tertiary/aromatic N) is 2. The molecule has 3 aromatic rings. The van der Waals surface area contributed by atoms with Gasteiger partial charge in [-0.1, -0.05) is 53.0 Å². The van der Waals surface area contributed by atoms with E-state index in [4.69, 9.17) is 34.8 Å². The first kappa shape index (κ1) is 18.2. The number of rotatable bonds is 2. The van der Waals surface area contributed by atoms with Gasteiger partial charge in [-0.3, -0.25) is 9.36 Å². The summed E-state index contributed by atoms with van der Waals surface area (Å²) in [6, 6.07) is 10.6. The minimum Gasteiger partial charge on any atom is -0.288 e. The summed E-state index contributed by atoms with van der Waals surface area (Å²) in [5, 5.41) is 3.09. The van der Waals surface area contributed by atoms with Gasteiger partial charge in [0.2, 0.25) is 0 Å².